The number of hydrogen-bond acceptors (Lipinski definition) is 4. The van der Waals surface area contributed by atoms with Gasteiger partial charge in [-0.15, -0.1) is 0 Å². The largest absolute Gasteiger partial charge is 0.482 e. The lowest BCUT2D eigenvalue weighted by Gasteiger charge is -2.49. The fourth-order valence-electron chi connectivity index (χ4n) is 6.38. The molecular weight excluding hydrogens is 512 g/mol. The first-order valence-corrected chi connectivity index (χ1v) is 13.2. The maximum Gasteiger partial charge on any atom is 0.277 e. The van der Waals surface area contributed by atoms with Crippen LogP contribution in [0.3, 0.4) is 0 Å². The molecule has 6 nitrogen and oxygen atoms in total. The van der Waals surface area contributed by atoms with Crippen molar-refractivity contribution in [3.63, 3.8) is 0 Å². The molecule has 0 bridgehead atoms. The maximum atomic E-state index is 15.2. The van der Waals surface area contributed by atoms with Crippen LogP contribution in [0.1, 0.15) is 45.2 Å². The molecular formula is C32H25F2N3O3. The van der Waals surface area contributed by atoms with E-state index in [9.17, 15) is 14.0 Å². The molecule has 0 saturated heterocycles. The van der Waals surface area contributed by atoms with Crippen molar-refractivity contribution < 1.29 is 18.3 Å². The predicted molar refractivity (Wildman–Crippen MR) is 147 cm³/mol. The Morgan fingerprint density at radius 1 is 0.925 bits per heavy atom. The molecule has 1 aliphatic heterocycles. The van der Waals surface area contributed by atoms with Gasteiger partial charge in [-0.2, -0.15) is 0 Å². The van der Waals surface area contributed by atoms with E-state index in [2.05, 4.69) is 0 Å². The van der Waals surface area contributed by atoms with Crippen LogP contribution in [0.2, 0.25) is 0 Å². The minimum Gasteiger partial charge on any atom is -0.482 e. The van der Waals surface area contributed by atoms with Gasteiger partial charge in [-0.25, -0.2) is 8.78 Å². The van der Waals surface area contributed by atoms with Crippen molar-refractivity contribution in [3.05, 3.63) is 140 Å². The third kappa shape index (κ3) is 3.25. The van der Waals surface area contributed by atoms with Crippen LogP contribution >= 0.6 is 0 Å². The van der Waals surface area contributed by atoms with Gasteiger partial charge in [0, 0.05) is 24.4 Å². The van der Waals surface area contributed by atoms with Crippen LogP contribution < -0.4 is 15.2 Å². The third-order valence-electron chi connectivity index (χ3n) is 8.18. The van der Waals surface area contributed by atoms with E-state index in [0.29, 0.717) is 18.5 Å². The zero-order valence-electron chi connectivity index (χ0n) is 21.7. The molecule has 4 aromatic rings. The highest BCUT2D eigenvalue weighted by atomic mass is 19.2. The van der Waals surface area contributed by atoms with E-state index in [-0.39, 0.29) is 36.2 Å². The average Bonchev–Trinajstić information content (AvgIpc) is 3.47. The second-order valence-electron chi connectivity index (χ2n) is 10.2. The number of carbonyl (C=O) groups is 1. The summed E-state index contributed by atoms with van der Waals surface area (Å²) in [5.41, 5.74) is 3.18. The van der Waals surface area contributed by atoms with Crippen molar-refractivity contribution in [3.8, 4) is 5.75 Å². The van der Waals surface area contributed by atoms with Gasteiger partial charge in [0.1, 0.15) is 18.8 Å². The molecule has 7 rings (SSSR count). The third-order valence-corrected chi connectivity index (χ3v) is 8.18. The number of carbonyl (C=O) groups excluding carboxylic acids is 1. The van der Waals surface area contributed by atoms with Crippen LogP contribution in [0.5, 0.6) is 5.75 Å². The molecule has 1 aromatic heterocycles. The summed E-state index contributed by atoms with van der Waals surface area (Å²) in [7, 11) is 0. The molecule has 8 heteroatoms. The number of rotatable bonds is 5. The van der Waals surface area contributed by atoms with Gasteiger partial charge < -0.3 is 9.64 Å². The number of benzene rings is 3. The van der Waals surface area contributed by atoms with Gasteiger partial charge in [0.15, 0.2) is 23.1 Å². The van der Waals surface area contributed by atoms with E-state index in [0.717, 1.165) is 28.3 Å². The highest BCUT2D eigenvalue weighted by Gasteiger charge is 2.55. The zero-order valence-corrected chi connectivity index (χ0v) is 21.7. The van der Waals surface area contributed by atoms with Gasteiger partial charge in [0.25, 0.3) is 5.91 Å². The Kier molecular flexibility index (Phi) is 5.42. The fourth-order valence-corrected chi connectivity index (χ4v) is 6.38. The summed E-state index contributed by atoms with van der Waals surface area (Å²) in [5.74, 6) is -2.19. The van der Waals surface area contributed by atoms with Gasteiger partial charge >= 0.3 is 0 Å². The Morgan fingerprint density at radius 2 is 1.70 bits per heavy atom. The number of nitrogens with zero attached hydrogens (tertiary/aromatic N) is 3. The summed E-state index contributed by atoms with van der Waals surface area (Å²) in [6, 6.07) is 21.5. The molecule has 3 aromatic carbocycles. The van der Waals surface area contributed by atoms with Gasteiger partial charge in [-0.3, -0.25) is 19.3 Å². The standard InChI is InChI=1S/C32H25F2N3O3/c1-2-35-19-37(36-15-14-27(38)30(29(36)31(35)39)40-18-20-8-4-3-5-9-20)32-22(16-21-10-6-7-11-24(21)32)17-23-25(32)12-13-26(33)28(23)34/h3-15,17H,2,16,18-19H2,1H3. The maximum absolute atomic E-state index is 15.2. The van der Waals surface area contributed by atoms with Crippen LogP contribution in [0, 0.1) is 11.6 Å². The number of aromatic nitrogens is 1. The quantitative estimate of drug-likeness (QED) is 0.361. The Bertz CT molecular complexity index is 1780. The topological polar surface area (TPSA) is 54.8 Å². The van der Waals surface area contributed by atoms with Crippen LogP contribution in [0.25, 0.3) is 6.08 Å². The van der Waals surface area contributed by atoms with Crippen LogP contribution in [-0.2, 0) is 18.6 Å². The minimum atomic E-state index is -1.02. The Balaban J connectivity index is 1.47. The second kappa shape index (κ2) is 8.91. The minimum absolute atomic E-state index is 0.0452. The lowest BCUT2D eigenvalue weighted by Crippen LogP contribution is -2.62. The molecule has 3 aliphatic rings. The number of hydrogen-bond donors (Lipinski definition) is 0. The summed E-state index contributed by atoms with van der Waals surface area (Å²) in [4.78, 5) is 28.6. The summed E-state index contributed by atoms with van der Waals surface area (Å²) >= 11 is 0. The zero-order chi connectivity index (χ0) is 27.6. The number of amides is 1. The van der Waals surface area contributed by atoms with E-state index >= 15 is 4.39 Å². The van der Waals surface area contributed by atoms with E-state index < -0.39 is 22.6 Å². The van der Waals surface area contributed by atoms with Crippen molar-refractivity contribution in [1.29, 1.82) is 0 Å². The summed E-state index contributed by atoms with van der Waals surface area (Å²) in [5, 5.41) is 1.98. The highest BCUT2D eigenvalue weighted by molar-refractivity contribution is 5.96. The molecule has 0 N–H and O–H groups in total. The van der Waals surface area contributed by atoms with Crippen molar-refractivity contribution in [2.24, 2.45) is 0 Å². The summed E-state index contributed by atoms with van der Waals surface area (Å²) < 4.78 is 37.4. The van der Waals surface area contributed by atoms with Crippen LogP contribution in [0.4, 0.5) is 8.78 Å². The molecule has 2 aliphatic carbocycles. The first-order valence-electron chi connectivity index (χ1n) is 13.2. The SMILES string of the molecule is CCN1CN(C23C(=Cc4c2ccc(F)c4F)Cc2ccccc23)n2ccc(=O)c(OCc3ccccc3)c2C1=O. The Labute approximate surface area is 229 Å². The lowest BCUT2D eigenvalue weighted by molar-refractivity contribution is 0.0675. The molecule has 0 saturated carbocycles. The Morgan fingerprint density at radius 3 is 2.50 bits per heavy atom. The number of ether oxygens (including phenoxy) is 1. The summed E-state index contributed by atoms with van der Waals surface area (Å²) in [6.45, 7) is 2.51. The number of pyridine rings is 1. The molecule has 40 heavy (non-hydrogen) atoms. The molecule has 200 valence electrons. The number of fused-ring (bicyclic) bond motifs is 6. The highest BCUT2D eigenvalue weighted by Crippen LogP contribution is 2.56. The molecule has 0 fully saturated rings. The summed E-state index contributed by atoms with van der Waals surface area (Å²) in [6.07, 6.45) is 3.84. The number of halogens is 2. The van der Waals surface area contributed by atoms with Crippen molar-refractivity contribution in [1.82, 2.24) is 9.58 Å². The monoisotopic (exact) mass is 537 g/mol. The van der Waals surface area contributed by atoms with Crippen LogP contribution in [0.15, 0.2) is 89.4 Å². The van der Waals surface area contributed by atoms with Crippen molar-refractivity contribution in [2.45, 2.75) is 25.5 Å². The molecule has 1 atom stereocenters. The molecule has 1 unspecified atom stereocenters. The lowest BCUT2D eigenvalue weighted by atomic mass is 9.83. The predicted octanol–water partition coefficient (Wildman–Crippen LogP) is 4.97. The van der Waals surface area contributed by atoms with Gasteiger partial charge in [0.05, 0.1) is 0 Å². The first kappa shape index (κ1) is 24.3. The first-order chi connectivity index (χ1) is 19.4. The van der Waals surface area contributed by atoms with Gasteiger partial charge in [-0.05, 0) is 53.3 Å². The van der Waals surface area contributed by atoms with E-state index in [1.807, 2.05) is 66.5 Å². The smallest absolute Gasteiger partial charge is 0.277 e. The molecule has 0 spiro atoms. The van der Waals surface area contributed by atoms with Gasteiger partial charge in [-0.1, -0.05) is 60.7 Å². The van der Waals surface area contributed by atoms with E-state index in [1.54, 1.807) is 27.9 Å². The normalized spacial score (nSPS) is 18.7. The second-order valence-corrected chi connectivity index (χ2v) is 10.2. The molecule has 0 radical (unpaired) electrons. The Hall–Kier alpha value is -4.72. The molecule has 1 amide bonds. The van der Waals surface area contributed by atoms with E-state index in [4.69, 9.17) is 4.74 Å². The molecule has 2 heterocycles. The van der Waals surface area contributed by atoms with E-state index in [1.165, 1.54) is 6.07 Å². The van der Waals surface area contributed by atoms with Crippen molar-refractivity contribution in [2.75, 3.05) is 18.2 Å². The average molecular weight is 538 g/mol. The van der Waals surface area contributed by atoms with Crippen molar-refractivity contribution >= 4 is 12.0 Å². The van der Waals surface area contributed by atoms with Crippen LogP contribution in [-0.4, -0.2) is 28.7 Å². The fraction of sp³-hybridized carbons (Fsp3) is 0.188. The van der Waals surface area contributed by atoms with Gasteiger partial charge in [0.2, 0.25) is 5.43 Å².